The molecule has 3 aromatic rings. The van der Waals surface area contributed by atoms with E-state index in [9.17, 15) is 0 Å². The molecule has 2 aromatic carbocycles. The fourth-order valence-electron chi connectivity index (χ4n) is 2.14. The van der Waals surface area contributed by atoms with E-state index in [4.69, 9.17) is 16.3 Å². The summed E-state index contributed by atoms with van der Waals surface area (Å²) in [5, 5.41) is 5.77. The lowest BCUT2D eigenvalue weighted by atomic mass is 10.2. The monoisotopic (exact) mass is 371 g/mol. The molecule has 128 valence electrons. The smallest absolute Gasteiger partial charge is 0.203 e. The second-order valence-electron chi connectivity index (χ2n) is 5.48. The summed E-state index contributed by atoms with van der Waals surface area (Å²) in [4.78, 5) is 5.58. The minimum Gasteiger partial charge on any atom is -0.488 e. The van der Waals surface area contributed by atoms with Crippen LogP contribution in [0.4, 0.5) is 5.13 Å². The lowest BCUT2D eigenvalue weighted by molar-refractivity contribution is 0.306. The SMILES string of the molecule is Cc1nc(N/N=C\c2ccccc2OCc2ccc(Cl)cc2)sc1C. The van der Waals surface area contributed by atoms with E-state index in [1.165, 1.54) is 4.88 Å². The van der Waals surface area contributed by atoms with Crippen LogP contribution in [0.5, 0.6) is 5.75 Å². The molecule has 0 atom stereocenters. The topological polar surface area (TPSA) is 46.5 Å². The van der Waals surface area contributed by atoms with Crippen LogP contribution in [0.2, 0.25) is 5.02 Å². The van der Waals surface area contributed by atoms with E-state index in [2.05, 4.69) is 15.5 Å². The van der Waals surface area contributed by atoms with E-state index in [1.807, 2.05) is 62.4 Å². The number of hydrazone groups is 1. The number of thiazole rings is 1. The highest BCUT2D eigenvalue weighted by molar-refractivity contribution is 7.15. The van der Waals surface area contributed by atoms with Gasteiger partial charge < -0.3 is 4.74 Å². The van der Waals surface area contributed by atoms with Crippen LogP contribution in [0.25, 0.3) is 0 Å². The van der Waals surface area contributed by atoms with E-state index < -0.39 is 0 Å². The quantitative estimate of drug-likeness (QED) is 0.463. The molecule has 1 aromatic heterocycles. The molecular formula is C19H18ClN3OS. The number of anilines is 1. The zero-order chi connectivity index (χ0) is 17.6. The largest absolute Gasteiger partial charge is 0.488 e. The summed E-state index contributed by atoms with van der Waals surface area (Å²) in [5.41, 5.74) is 5.95. The highest BCUT2D eigenvalue weighted by Gasteiger charge is 2.03. The van der Waals surface area contributed by atoms with Crippen molar-refractivity contribution in [1.29, 1.82) is 0 Å². The normalized spacial score (nSPS) is 11.0. The molecule has 0 radical (unpaired) electrons. The number of rotatable bonds is 6. The van der Waals surface area contributed by atoms with Crippen LogP contribution in [-0.2, 0) is 6.61 Å². The van der Waals surface area contributed by atoms with Crippen LogP contribution < -0.4 is 10.2 Å². The van der Waals surface area contributed by atoms with E-state index in [-0.39, 0.29) is 0 Å². The van der Waals surface area contributed by atoms with Crippen LogP contribution >= 0.6 is 22.9 Å². The molecule has 1 heterocycles. The maximum atomic E-state index is 5.91. The molecule has 0 unspecified atom stereocenters. The van der Waals surface area contributed by atoms with Gasteiger partial charge in [-0.2, -0.15) is 5.10 Å². The van der Waals surface area contributed by atoms with E-state index >= 15 is 0 Å². The Hall–Kier alpha value is -2.37. The molecule has 0 aliphatic heterocycles. The Morgan fingerprint density at radius 2 is 1.92 bits per heavy atom. The average molecular weight is 372 g/mol. The third-order valence-corrected chi connectivity index (χ3v) is 4.85. The number of para-hydroxylation sites is 1. The first-order valence-electron chi connectivity index (χ1n) is 7.81. The average Bonchev–Trinajstić information content (AvgIpc) is 2.93. The van der Waals surface area contributed by atoms with Gasteiger partial charge in [0.25, 0.3) is 0 Å². The first kappa shape index (κ1) is 17.5. The molecule has 0 saturated heterocycles. The molecule has 6 heteroatoms. The zero-order valence-corrected chi connectivity index (χ0v) is 15.6. The van der Waals surface area contributed by atoms with Crippen molar-refractivity contribution < 1.29 is 4.74 Å². The molecule has 1 N–H and O–H groups in total. The molecule has 0 amide bonds. The molecule has 0 bridgehead atoms. The summed E-state index contributed by atoms with van der Waals surface area (Å²) < 4.78 is 5.91. The summed E-state index contributed by atoms with van der Waals surface area (Å²) in [6.45, 7) is 4.50. The van der Waals surface area contributed by atoms with Gasteiger partial charge in [-0.05, 0) is 43.7 Å². The van der Waals surface area contributed by atoms with Gasteiger partial charge in [0.15, 0.2) is 0 Å². The minimum absolute atomic E-state index is 0.473. The highest BCUT2D eigenvalue weighted by Crippen LogP contribution is 2.22. The van der Waals surface area contributed by atoms with Gasteiger partial charge in [-0.3, -0.25) is 5.43 Å². The molecule has 3 rings (SSSR count). The number of hydrogen-bond donors (Lipinski definition) is 1. The van der Waals surface area contributed by atoms with Gasteiger partial charge in [0.1, 0.15) is 12.4 Å². The van der Waals surface area contributed by atoms with Gasteiger partial charge in [0.2, 0.25) is 5.13 Å². The number of aromatic nitrogens is 1. The molecule has 0 saturated carbocycles. The van der Waals surface area contributed by atoms with Crippen molar-refractivity contribution in [2.24, 2.45) is 5.10 Å². The maximum Gasteiger partial charge on any atom is 0.203 e. The van der Waals surface area contributed by atoms with Crippen LogP contribution in [0.3, 0.4) is 0 Å². The van der Waals surface area contributed by atoms with E-state index in [0.717, 1.165) is 32.7 Å². The van der Waals surface area contributed by atoms with Crippen molar-refractivity contribution in [1.82, 2.24) is 4.98 Å². The van der Waals surface area contributed by atoms with Crippen LogP contribution in [-0.4, -0.2) is 11.2 Å². The minimum atomic E-state index is 0.473. The van der Waals surface area contributed by atoms with Crippen molar-refractivity contribution in [3.63, 3.8) is 0 Å². The number of nitrogens with one attached hydrogen (secondary N) is 1. The Kier molecular flexibility index (Phi) is 5.68. The van der Waals surface area contributed by atoms with Gasteiger partial charge >= 0.3 is 0 Å². The first-order chi connectivity index (χ1) is 12.1. The molecular weight excluding hydrogens is 354 g/mol. The Labute approximate surface area is 156 Å². The van der Waals surface area contributed by atoms with Crippen molar-refractivity contribution in [2.45, 2.75) is 20.5 Å². The third-order valence-electron chi connectivity index (χ3n) is 3.62. The van der Waals surface area contributed by atoms with Crippen LogP contribution in [0.1, 0.15) is 21.7 Å². The number of hydrogen-bond acceptors (Lipinski definition) is 5. The highest BCUT2D eigenvalue weighted by atomic mass is 35.5. The lowest BCUT2D eigenvalue weighted by Crippen LogP contribution is -1.99. The second-order valence-corrected chi connectivity index (χ2v) is 7.12. The number of ether oxygens (including phenoxy) is 1. The van der Waals surface area contributed by atoms with Crippen LogP contribution in [0.15, 0.2) is 53.6 Å². The Balaban J connectivity index is 1.65. The third kappa shape index (κ3) is 4.81. The van der Waals surface area contributed by atoms with E-state index in [1.54, 1.807) is 17.6 Å². The Bertz CT molecular complexity index is 855. The fraction of sp³-hybridized carbons (Fsp3) is 0.158. The zero-order valence-electron chi connectivity index (χ0n) is 14.0. The standard InChI is InChI=1S/C19H18ClN3OS/c1-13-14(2)25-19(22-13)23-21-11-16-5-3-4-6-18(16)24-12-15-7-9-17(20)10-8-15/h3-11H,12H2,1-2H3,(H,22,23)/b21-11-. The Morgan fingerprint density at radius 3 is 2.64 bits per heavy atom. The lowest BCUT2D eigenvalue weighted by Gasteiger charge is -2.09. The summed E-state index contributed by atoms with van der Waals surface area (Å²) in [6.07, 6.45) is 1.74. The van der Waals surface area contributed by atoms with Crippen molar-refractivity contribution in [3.8, 4) is 5.75 Å². The summed E-state index contributed by atoms with van der Waals surface area (Å²) in [6, 6.07) is 15.4. The molecule has 0 fully saturated rings. The molecule has 0 aliphatic rings. The first-order valence-corrected chi connectivity index (χ1v) is 9.00. The Morgan fingerprint density at radius 1 is 1.16 bits per heavy atom. The maximum absolute atomic E-state index is 5.91. The molecule has 0 aliphatic carbocycles. The van der Waals surface area contributed by atoms with Crippen molar-refractivity contribution >= 4 is 34.3 Å². The number of benzene rings is 2. The van der Waals surface area contributed by atoms with Crippen molar-refractivity contribution in [2.75, 3.05) is 5.43 Å². The van der Waals surface area contributed by atoms with Crippen LogP contribution in [0, 0.1) is 13.8 Å². The predicted octanol–water partition coefficient (Wildman–Crippen LogP) is 5.44. The summed E-state index contributed by atoms with van der Waals surface area (Å²) >= 11 is 7.49. The fourth-order valence-corrected chi connectivity index (χ4v) is 3.03. The number of halogens is 1. The van der Waals surface area contributed by atoms with E-state index in [0.29, 0.717) is 6.61 Å². The summed E-state index contributed by atoms with van der Waals surface area (Å²) in [5.74, 6) is 0.773. The van der Waals surface area contributed by atoms with Gasteiger partial charge in [-0.1, -0.05) is 35.9 Å². The van der Waals surface area contributed by atoms with Crippen molar-refractivity contribution in [3.05, 3.63) is 75.3 Å². The second kappa shape index (κ2) is 8.14. The van der Waals surface area contributed by atoms with Gasteiger partial charge in [0.05, 0.1) is 11.9 Å². The molecule has 25 heavy (non-hydrogen) atoms. The molecule has 0 spiro atoms. The van der Waals surface area contributed by atoms with Gasteiger partial charge in [-0.25, -0.2) is 4.98 Å². The van der Waals surface area contributed by atoms with Gasteiger partial charge in [0, 0.05) is 15.5 Å². The van der Waals surface area contributed by atoms with Gasteiger partial charge in [-0.15, -0.1) is 11.3 Å². The molecule has 4 nitrogen and oxygen atoms in total. The number of nitrogens with zero attached hydrogens (tertiary/aromatic N) is 2. The predicted molar refractivity (Wildman–Crippen MR) is 105 cm³/mol. The summed E-state index contributed by atoms with van der Waals surface area (Å²) in [7, 11) is 0. The number of aryl methyl sites for hydroxylation is 2.